The molecule has 0 unspecified atom stereocenters. The monoisotopic (exact) mass is 118 g/mol. The molecule has 0 aromatic carbocycles. The fourth-order valence-electron chi connectivity index (χ4n) is 0.316. The number of carbonyl (C=O) groups is 1. The van der Waals surface area contributed by atoms with Crippen LogP contribution in [0.25, 0.3) is 0 Å². The van der Waals surface area contributed by atoms with Gasteiger partial charge in [0.05, 0.1) is 12.5 Å². The van der Waals surface area contributed by atoms with Gasteiger partial charge in [0.25, 0.3) is 0 Å². The molecule has 4 nitrogen and oxygen atoms in total. The summed E-state index contributed by atoms with van der Waals surface area (Å²) >= 11 is 0. The molecule has 0 aromatic heterocycles. The lowest BCUT2D eigenvalue weighted by Crippen LogP contribution is -2.26. The molecule has 0 radical (unpaired) electrons. The molecule has 5 N–H and O–H groups in total. The molecule has 0 aromatic rings. The zero-order valence-corrected chi connectivity index (χ0v) is 4.50. The first-order valence-electron chi connectivity index (χ1n) is 2.33. The van der Waals surface area contributed by atoms with Crippen molar-refractivity contribution in [3.8, 4) is 0 Å². The SMILES string of the molecule is NC[C@H](O)CC(N)=O. The maximum Gasteiger partial charge on any atom is 0.220 e. The lowest BCUT2D eigenvalue weighted by atomic mass is 10.2. The summed E-state index contributed by atoms with van der Waals surface area (Å²) in [5.41, 5.74) is 9.68. The molecular formula is C4H10N2O2. The second-order valence-corrected chi connectivity index (χ2v) is 1.56. The van der Waals surface area contributed by atoms with Crippen molar-refractivity contribution < 1.29 is 9.90 Å². The maximum absolute atomic E-state index is 9.98. The van der Waals surface area contributed by atoms with Gasteiger partial charge in [0.1, 0.15) is 0 Å². The summed E-state index contributed by atoms with van der Waals surface area (Å²) in [6.07, 6.45) is -0.816. The first-order chi connectivity index (χ1) is 3.66. The lowest BCUT2D eigenvalue weighted by Gasteiger charge is -2.01. The minimum atomic E-state index is -0.771. The Labute approximate surface area is 47.5 Å². The minimum absolute atomic E-state index is 0.0451. The molecule has 0 aliphatic carbocycles. The van der Waals surface area contributed by atoms with Gasteiger partial charge < -0.3 is 16.6 Å². The Morgan fingerprint density at radius 3 is 2.38 bits per heavy atom. The highest BCUT2D eigenvalue weighted by molar-refractivity contribution is 5.74. The number of hydrogen-bond acceptors (Lipinski definition) is 3. The topological polar surface area (TPSA) is 89.3 Å². The van der Waals surface area contributed by atoms with Crippen molar-refractivity contribution in [1.82, 2.24) is 0 Å². The number of aliphatic hydroxyl groups is 1. The van der Waals surface area contributed by atoms with Crippen LogP contribution in [0.15, 0.2) is 0 Å². The van der Waals surface area contributed by atoms with Crippen molar-refractivity contribution in [2.45, 2.75) is 12.5 Å². The Kier molecular flexibility index (Phi) is 3.14. The number of nitrogens with two attached hydrogens (primary N) is 2. The molecule has 0 aliphatic rings. The molecule has 0 fully saturated rings. The summed E-state index contributed by atoms with van der Waals surface area (Å²) in [6.45, 7) is 0.0862. The van der Waals surface area contributed by atoms with Gasteiger partial charge in [-0.1, -0.05) is 0 Å². The zero-order valence-electron chi connectivity index (χ0n) is 4.50. The number of aliphatic hydroxyl groups excluding tert-OH is 1. The van der Waals surface area contributed by atoms with Crippen molar-refractivity contribution in [2.24, 2.45) is 11.5 Å². The molecule has 0 aliphatic heterocycles. The van der Waals surface area contributed by atoms with Crippen LogP contribution < -0.4 is 11.5 Å². The van der Waals surface area contributed by atoms with Crippen LogP contribution in [0.2, 0.25) is 0 Å². The Balaban J connectivity index is 3.24. The van der Waals surface area contributed by atoms with E-state index in [0.29, 0.717) is 0 Å². The Hall–Kier alpha value is -0.610. The van der Waals surface area contributed by atoms with Crippen molar-refractivity contribution in [3.63, 3.8) is 0 Å². The molecule has 0 saturated carbocycles. The first-order valence-corrected chi connectivity index (χ1v) is 2.33. The molecule has 0 heterocycles. The van der Waals surface area contributed by atoms with Crippen molar-refractivity contribution in [2.75, 3.05) is 6.54 Å². The summed E-state index contributed by atoms with van der Waals surface area (Å²) < 4.78 is 0. The van der Waals surface area contributed by atoms with E-state index in [-0.39, 0.29) is 13.0 Å². The molecule has 48 valence electrons. The van der Waals surface area contributed by atoms with Crippen LogP contribution in [0.4, 0.5) is 0 Å². The van der Waals surface area contributed by atoms with Crippen molar-refractivity contribution in [3.05, 3.63) is 0 Å². The highest BCUT2D eigenvalue weighted by Crippen LogP contribution is 1.84. The molecule has 0 bridgehead atoms. The quantitative estimate of drug-likeness (QED) is 0.407. The molecule has 0 saturated heterocycles. The fraction of sp³-hybridized carbons (Fsp3) is 0.750. The van der Waals surface area contributed by atoms with Gasteiger partial charge in [-0.3, -0.25) is 4.79 Å². The summed E-state index contributed by atoms with van der Waals surface area (Å²) in [5.74, 6) is -0.525. The van der Waals surface area contributed by atoms with Crippen LogP contribution in [0.5, 0.6) is 0 Å². The first kappa shape index (κ1) is 7.39. The highest BCUT2D eigenvalue weighted by atomic mass is 16.3. The summed E-state index contributed by atoms with van der Waals surface area (Å²) in [4.78, 5) is 9.98. The van der Waals surface area contributed by atoms with Gasteiger partial charge in [0, 0.05) is 6.54 Å². The van der Waals surface area contributed by atoms with Crippen LogP contribution in [-0.2, 0) is 4.79 Å². The number of carbonyl (C=O) groups excluding carboxylic acids is 1. The van der Waals surface area contributed by atoms with Crippen LogP contribution >= 0.6 is 0 Å². The second-order valence-electron chi connectivity index (χ2n) is 1.56. The van der Waals surface area contributed by atoms with Crippen LogP contribution in [-0.4, -0.2) is 23.7 Å². The van der Waals surface area contributed by atoms with E-state index in [1.807, 2.05) is 0 Å². The maximum atomic E-state index is 9.98. The summed E-state index contributed by atoms with van der Waals surface area (Å²) in [7, 11) is 0. The Bertz CT molecular complexity index is 84.1. The number of rotatable bonds is 3. The summed E-state index contributed by atoms with van der Waals surface area (Å²) in [5, 5.41) is 8.60. The zero-order chi connectivity index (χ0) is 6.57. The predicted molar refractivity (Wildman–Crippen MR) is 28.9 cm³/mol. The van der Waals surface area contributed by atoms with Gasteiger partial charge in [-0.05, 0) is 0 Å². The number of amides is 1. The summed E-state index contributed by atoms with van der Waals surface area (Å²) in [6, 6.07) is 0. The normalized spacial score (nSPS) is 13.2. The van der Waals surface area contributed by atoms with E-state index in [2.05, 4.69) is 0 Å². The smallest absolute Gasteiger partial charge is 0.220 e. The molecule has 8 heavy (non-hydrogen) atoms. The van der Waals surface area contributed by atoms with Gasteiger partial charge in [-0.2, -0.15) is 0 Å². The van der Waals surface area contributed by atoms with E-state index in [1.165, 1.54) is 0 Å². The fourth-order valence-corrected chi connectivity index (χ4v) is 0.316. The van der Waals surface area contributed by atoms with Crippen molar-refractivity contribution >= 4 is 5.91 Å². The number of primary amides is 1. The van der Waals surface area contributed by atoms with E-state index in [4.69, 9.17) is 16.6 Å². The van der Waals surface area contributed by atoms with Crippen LogP contribution in [0.1, 0.15) is 6.42 Å². The van der Waals surface area contributed by atoms with E-state index in [0.717, 1.165) is 0 Å². The minimum Gasteiger partial charge on any atom is -0.391 e. The predicted octanol–water partition coefficient (Wildman–Crippen LogP) is -1.82. The molecule has 0 rings (SSSR count). The van der Waals surface area contributed by atoms with E-state index >= 15 is 0 Å². The molecule has 1 atom stereocenters. The van der Waals surface area contributed by atoms with Gasteiger partial charge in [-0.25, -0.2) is 0 Å². The molecule has 1 amide bonds. The van der Waals surface area contributed by atoms with Gasteiger partial charge >= 0.3 is 0 Å². The standard InChI is InChI=1S/C4H10N2O2/c5-2-3(7)1-4(6)8/h3,7H,1-2,5H2,(H2,6,8)/t3-/m1/s1. The van der Waals surface area contributed by atoms with Crippen LogP contribution in [0.3, 0.4) is 0 Å². The number of hydrogen-bond donors (Lipinski definition) is 3. The second kappa shape index (κ2) is 3.40. The largest absolute Gasteiger partial charge is 0.391 e. The average Bonchev–Trinajstić information content (AvgIpc) is 1.65. The molecule has 0 spiro atoms. The third-order valence-electron chi connectivity index (χ3n) is 0.709. The molecule has 4 heteroatoms. The van der Waals surface area contributed by atoms with Crippen LogP contribution in [0, 0.1) is 0 Å². The Morgan fingerprint density at radius 2 is 2.25 bits per heavy atom. The third kappa shape index (κ3) is 3.58. The lowest BCUT2D eigenvalue weighted by molar-refractivity contribution is -0.119. The van der Waals surface area contributed by atoms with E-state index < -0.39 is 12.0 Å². The highest BCUT2D eigenvalue weighted by Gasteiger charge is 2.03. The van der Waals surface area contributed by atoms with Gasteiger partial charge in [0.2, 0.25) is 5.91 Å². The van der Waals surface area contributed by atoms with Gasteiger partial charge in [-0.15, -0.1) is 0 Å². The van der Waals surface area contributed by atoms with E-state index in [9.17, 15) is 4.79 Å². The molecular weight excluding hydrogens is 108 g/mol. The van der Waals surface area contributed by atoms with E-state index in [1.54, 1.807) is 0 Å². The average molecular weight is 118 g/mol. The van der Waals surface area contributed by atoms with Crippen molar-refractivity contribution in [1.29, 1.82) is 0 Å². The Morgan fingerprint density at radius 1 is 1.75 bits per heavy atom. The third-order valence-corrected chi connectivity index (χ3v) is 0.709. The van der Waals surface area contributed by atoms with Gasteiger partial charge in [0.15, 0.2) is 0 Å².